The third-order valence-electron chi connectivity index (χ3n) is 2.55. The molecule has 0 aromatic carbocycles. The topological polar surface area (TPSA) is 64.1 Å². The maximum Gasteiger partial charge on any atom is 0.182 e. The molecule has 0 radical (unpaired) electrons. The van der Waals surface area contributed by atoms with Crippen molar-refractivity contribution in [3.63, 3.8) is 0 Å². The number of carbonyl (C=O) groups excluding carboxylic acids is 3. The minimum Gasteiger partial charge on any atom is -0.298 e. The maximum atomic E-state index is 12.1. The van der Waals surface area contributed by atoms with Crippen LogP contribution in [0.5, 0.6) is 0 Å². The predicted octanol–water partition coefficient (Wildman–Crippen LogP) is 1.84. The zero-order valence-electron chi connectivity index (χ0n) is 9.97. The summed E-state index contributed by atoms with van der Waals surface area (Å²) in [5, 5.41) is 0. The van der Waals surface area contributed by atoms with Crippen molar-refractivity contribution in [2.75, 3.05) is 0 Å². The molecular formula is C13H15NO3. The molecule has 90 valence electrons. The summed E-state index contributed by atoms with van der Waals surface area (Å²) in [5.41, 5.74) is 0.307. The fraction of sp³-hybridized carbons (Fsp3) is 0.385. The first-order valence-electron chi connectivity index (χ1n) is 5.61. The lowest BCUT2D eigenvalue weighted by Gasteiger charge is -2.11. The van der Waals surface area contributed by atoms with Crippen LogP contribution in [0.15, 0.2) is 24.5 Å². The predicted molar refractivity (Wildman–Crippen MR) is 62.7 cm³/mol. The Morgan fingerprint density at radius 3 is 2.18 bits per heavy atom. The van der Waals surface area contributed by atoms with E-state index >= 15 is 0 Å². The van der Waals surface area contributed by atoms with E-state index in [0.29, 0.717) is 5.56 Å². The van der Waals surface area contributed by atoms with E-state index in [4.69, 9.17) is 0 Å². The number of Topliss-reactive ketones (excluding diaryl/α,β-unsaturated/α-hetero) is 3. The van der Waals surface area contributed by atoms with Crippen molar-refractivity contribution in [3.8, 4) is 0 Å². The van der Waals surface area contributed by atoms with E-state index in [9.17, 15) is 14.4 Å². The van der Waals surface area contributed by atoms with E-state index in [1.807, 2.05) is 0 Å². The Hall–Kier alpha value is -1.84. The van der Waals surface area contributed by atoms with Gasteiger partial charge in [0.1, 0.15) is 5.92 Å². The van der Waals surface area contributed by atoms with E-state index in [1.54, 1.807) is 26.0 Å². The van der Waals surface area contributed by atoms with Crippen LogP contribution in [0.4, 0.5) is 0 Å². The highest BCUT2D eigenvalue weighted by atomic mass is 16.2. The third-order valence-corrected chi connectivity index (χ3v) is 2.55. The van der Waals surface area contributed by atoms with Crippen LogP contribution in [0.3, 0.4) is 0 Å². The molecule has 0 atom stereocenters. The Bertz CT molecular complexity index is 410. The molecule has 0 aliphatic carbocycles. The number of hydrogen-bond donors (Lipinski definition) is 0. The molecule has 4 nitrogen and oxygen atoms in total. The van der Waals surface area contributed by atoms with Gasteiger partial charge >= 0.3 is 0 Å². The Labute approximate surface area is 100 Å². The first-order valence-corrected chi connectivity index (χ1v) is 5.61. The highest BCUT2D eigenvalue weighted by molar-refractivity contribution is 6.23. The molecule has 0 spiro atoms. The third kappa shape index (κ3) is 3.06. The van der Waals surface area contributed by atoms with Crippen molar-refractivity contribution in [1.29, 1.82) is 0 Å². The van der Waals surface area contributed by atoms with Gasteiger partial charge in [-0.25, -0.2) is 0 Å². The Kier molecular flexibility index (Phi) is 4.69. The van der Waals surface area contributed by atoms with Crippen LogP contribution in [0.25, 0.3) is 0 Å². The molecule has 0 aliphatic heterocycles. The highest BCUT2D eigenvalue weighted by Gasteiger charge is 2.31. The van der Waals surface area contributed by atoms with Crippen LogP contribution in [0.1, 0.15) is 37.0 Å². The SMILES string of the molecule is CCC(=O)C(C(=O)CC)C(=O)c1cccnc1. The lowest BCUT2D eigenvalue weighted by molar-refractivity contribution is -0.130. The quantitative estimate of drug-likeness (QED) is 0.555. The molecule has 0 N–H and O–H groups in total. The largest absolute Gasteiger partial charge is 0.298 e. The molecule has 0 bridgehead atoms. The number of pyridine rings is 1. The average Bonchev–Trinajstić information content (AvgIpc) is 2.39. The van der Waals surface area contributed by atoms with Crippen LogP contribution in [-0.2, 0) is 9.59 Å². The van der Waals surface area contributed by atoms with E-state index in [-0.39, 0.29) is 24.4 Å². The van der Waals surface area contributed by atoms with Gasteiger partial charge in [0.2, 0.25) is 0 Å². The first-order chi connectivity index (χ1) is 8.11. The van der Waals surface area contributed by atoms with Crippen LogP contribution in [0.2, 0.25) is 0 Å². The molecular weight excluding hydrogens is 218 g/mol. The minimum atomic E-state index is -1.16. The molecule has 0 saturated heterocycles. The number of carbonyl (C=O) groups is 3. The maximum absolute atomic E-state index is 12.1. The monoisotopic (exact) mass is 233 g/mol. The number of hydrogen-bond acceptors (Lipinski definition) is 4. The van der Waals surface area contributed by atoms with Crippen molar-refractivity contribution in [2.45, 2.75) is 26.7 Å². The Morgan fingerprint density at radius 2 is 1.76 bits per heavy atom. The highest BCUT2D eigenvalue weighted by Crippen LogP contribution is 2.13. The van der Waals surface area contributed by atoms with Gasteiger partial charge in [-0.15, -0.1) is 0 Å². The number of ketones is 3. The van der Waals surface area contributed by atoms with Gasteiger partial charge in [0, 0.05) is 30.8 Å². The number of rotatable bonds is 6. The summed E-state index contributed by atoms with van der Waals surface area (Å²) < 4.78 is 0. The first kappa shape index (κ1) is 13.2. The van der Waals surface area contributed by atoms with Crippen LogP contribution < -0.4 is 0 Å². The summed E-state index contributed by atoms with van der Waals surface area (Å²) in [6, 6.07) is 3.17. The summed E-state index contributed by atoms with van der Waals surface area (Å²) >= 11 is 0. The van der Waals surface area contributed by atoms with Gasteiger partial charge in [0.05, 0.1) is 0 Å². The summed E-state index contributed by atoms with van der Waals surface area (Å²) in [7, 11) is 0. The standard InChI is InChI=1S/C13H15NO3/c1-3-10(15)12(11(16)4-2)13(17)9-6-5-7-14-8-9/h5-8,12H,3-4H2,1-2H3. The van der Waals surface area contributed by atoms with Crippen LogP contribution in [0, 0.1) is 5.92 Å². The minimum absolute atomic E-state index is 0.183. The summed E-state index contributed by atoms with van der Waals surface area (Å²) in [6.07, 6.45) is 3.28. The lowest BCUT2D eigenvalue weighted by Crippen LogP contribution is -2.31. The van der Waals surface area contributed by atoms with Gasteiger partial charge in [0.25, 0.3) is 0 Å². The lowest BCUT2D eigenvalue weighted by atomic mass is 9.88. The fourth-order valence-corrected chi connectivity index (χ4v) is 1.56. The Balaban J connectivity index is 3.03. The van der Waals surface area contributed by atoms with Gasteiger partial charge < -0.3 is 0 Å². The van der Waals surface area contributed by atoms with Gasteiger partial charge in [-0.2, -0.15) is 0 Å². The second kappa shape index (κ2) is 6.03. The zero-order valence-corrected chi connectivity index (χ0v) is 9.97. The van der Waals surface area contributed by atoms with E-state index in [1.165, 1.54) is 12.4 Å². The van der Waals surface area contributed by atoms with Crippen molar-refractivity contribution < 1.29 is 14.4 Å². The molecule has 1 aromatic heterocycles. The van der Waals surface area contributed by atoms with Crippen LogP contribution in [-0.4, -0.2) is 22.3 Å². The van der Waals surface area contributed by atoms with Gasteiger partial charge in [-0.1, -0.05) is 13.8 Å². The van der Waals surface area contributed by atoms with Crippen molar-refractivity contribution in [3.05, 3.63) is 30.1 Å². The summed E-state index contributed by atoms with van der Waals surface area (Å²) in [6.45, 7) is 3.30. The van der Waals surface area contributed by atoms with Crippen LogP contribution >= 0.6 is 0 Å². The molecule has 1 rings (SSSR count). The molecule has 1 heterocycles. The second-order valence-electron chi connectivity index (χ2n) is 3.68. The fourth-order valence-electron chi connectivity index (χ4n) is 1.56. The zero-order chi connectivity index (χ0) is 12.8. The summed E-state index contributed by atoms with van der Waals surface area (Å²) in [4.78, 5) is 39.2. The van der Waals surface area contributed by atoms with Crippen molar-refractivity contribution in [1.82, 2.24) is 4.98 Å². The molecule has 4 heteroatoms. The molecule has 0 amide bonds. The van der Waals surface area contributed by atoms with Crippen molar-refractivity contribution >= 4 is 17.3 Å². The average molecular weight is 233 g/mol. The molecule has 0 aliphatic rings. The van der Waals surface area contributed by atoms with Gasteiger partial charge in [0.15, 0.2) is 17.3 Å². The second-order valence-corrected chi connectivity index (χ2v) is 3.68. The van der Waals surface area contributed by atoms with E-state index in [2.05, 4.69) is 4.98 Å². The number of nitrogens with zero attached hydrogens (tertiary/aromatic N) is 1. The van der Waals surface area contributed by atoms with E-state index < -0.39 is 11.7 Å². The number of aromatic nitrogens is 1. The van der Waals surface area contributed by atoms with Gasteiger partial charge in [-0.05, 0) is 12.1 Å². The summed E-state index contributed by atoms with van der Waals surface area (Å²) in [5.74, 6) is -2.26. The molecule has 1 aromatic rings. The van der Waals surface area contributed by atoms with Crippen molar-refractivity contribution in [2.24, 2.45) is 5.92 Å². The van der Waals surface area contributed by atoms with E-state index in [0.717, 1.165) is 0 Å². The molecule has 0 unspecified atom stereocenters. The Morgan fingerprint density at radius 1 is 1.18 bits per heavy atom. The smallest absolute Gasteiger partial charge is 0.182 e. The van der Waals surface area contributed by atoms with Gasteiger partial charge in [-0.3, -0.25) is 19.4 Å². The molecule has 0 saturated carbocycles. The molecule has 17 heavy (non-hydrogen) atoms. The molecule has 0 fully saturated rings. The normalized spacial score (nSPS) is 10.3.